The zero-order valence-electron chi connectivity index (χ0n) is 9.45. The Morgan fingerprint density at radius 1 is 1.21 bits per heavy atom. The van der Waals surface area contributed by atoms with Crippen molar-refractivity contribution in [2.75, 3.05) is 11.4 Å². The highest BCUT2D eigenvalue weighted by atomic mass is 35.5. The Labute approximate surface area is 111 Å². The lowest BCUT2D eigenvalue weighted by Gasteiger charge is -2.21. The molecule has 1 amide bonds. The van der Waals surface area contributed by atoms with Gasteiger partial charge in [0.25, 0.3) is 0 Å². The molecule has 0 heterocycles. The van der Waals surface area contributed by atoms with Crippen molar-refractivity contribution in [2.45, 2.75) is 12.6 Å². The molecule has 0 aliphatic carbocycles. The van der Waals surface area contributed by atoms with Gasteiger partial charge in [-0.05, 0) is 24.3 Å². The number of hydrogen-bond donors (Lipinski definition) is 1. The molecule has 0 aliphatic rings. The SMILES string of the molecule is O=C(O)CN(C(=O)CC(F)(F)F)c1ccc(Cl)cc1. The van der Waals surface area contributed by atoms with Crippen molar-refractivity contribution in [3.63, 3.8) is 0 Å². The lowest BCUT2D eigenvalue weighted by atomic mass is 10.2. The molecule has 0 aliphatic heterocycles. The van der Waals surface area contributed by atoms with E-state index in [1.54, 1.807) is 0 Å². The van der Waals surface area contributed by atoms with Crippen LogP contribution in [-0.2, 0) is 9.59 Å². The van der Waals surface area contributed by atoms with Crippen LogP contribution in [0.15, 0.2) is 24.3 Å². The van der Waals surface area contributed by atoms with Crippen molar-refractivity contribution in [1.82, 2.24) is 0 Å². The average molecular weight is 296 g/mol. The van der Waals surface area contributed by atoms with Gasteiger partial charge in [0.2, 0.25) is 5.91 Å². The number of aliphatic carboxylic acids is 1. The molecule has 4 nitrogen and oxygen atoms in total. The van der Waals surface area contributed by atoms with Crippen molar-refractivity contribution >= 4 is 29.2 Å². The van der Waals surface area contributed by atoms with E-state index < -0.39 is 31.0 Å². The highest BCUT2D eigenvalue weighted by Crippen LogP contribution is 2.24. The Bertz CT molecular complexity index is 473. The summed E-state index contributed by atoms with van der Waals surface area (Å²) in [6, 6.07) is 5.26. The number of carboxylic acid groups (broad SMARTS) is 1. The van der Waals surface area contributed by atoms with Crippen LogP contribution >= 0.6 is 11.6 Å². The van der Waals surface area contributed by atoms with Gasteiger partial charge in [0.05, 0.1) is 0 Å². The number of rotatable bonds is 4. The summed E-state index contributed by atoms with van der Waals surface area (Å²) >= 11 is 5.61. The van der Waals surface area contributed by atoms with Crippen LogP contribution in [-0.4, -0.2) is 29.7 Å². The van der Waals surface area contributed by atoms with Gasteiger partial charge in [-0.25, -0.2) is 0 Å². The number of hydrogen-bond acceptors (Lipinski definition) is 2. The Balaban J connectivity index is 2.97. The van der Waals surface area contributed by atoms with Gasteiger partial charge in [0, 0.05) is 10.7 Å². The van der Waals surface area contributed by atoms with E-state index in [-0.39, 0.29) is 5.69 Å². The Morgan fingerprint density at radius 3 is 2.16 bits per heavy atom. The first-order valence-electron chi connectivity index (χ1n) is 5.03. The summed E-state index contributed by atoms with van der Waals surface area (Å²) in [6.07, 6.45) is -6.41. The number of carboxylic acids is 1. The Morgan fingerprint density at radius 2 is 1.74 bits per heavy atom. The minimum Gasteiger partial charge on any atom is -0.480 e. The number of anilines is 1. The summed E-state index contributed by atoms with van der Waals surface area (Å²) in [6.45, 7) is -0.851. The number of carbonyl (C=O) groups excluding carboxylic acids is 1. The molecule has 0 saturated carbocycles. The van der Waals surface area contributed by atoms with Crippen LogP contribution in [0.3, 0.4) is 0 Å². The van der Waals surface area contributed by atoms with Crippen LogP contribution < -0.4 is 4.90 Å². The Hall–Kier alpha value is -1.76. The maximum atomic E-state index is 12.2. The smallest absolute Gasteiger partial charge is 0.397 e. The van der Waals surface area contributed by atoms with Gasteiger partial charge >= 0.3 is 12.1 Å². The largest absolute Gasteiger partial charge is 0.480 e. The number of nitrogens with zero attached hydrogens (tertiary/aromatic N) is 1. The fourth-order valence-electron chi connectivity index (χ4n) is 1.35. The molecule has 19 heavy (non-hydrogen) atoms. The van der Waals surface area contributed by atoms with E-state index in [1.807, 2.05) is 0 Å². The van der Waals surface area contributed by atoms with Gasteiger partial charge in [-0.15, -0.1) is 0 Å². The van der Waals surface area contributed by atoms with Gasteiger partial charge in [-0.3, -0.25) is 9.59 Å². The van der Waals surface area contributed by atoms with Crippen molar-refractivity contribution in [3.8, 4) is 0 Å². The molecule has 8 heteroatoms. The molecule has 0 spiro atoms. The van der Waals surface area contributed by atoms with Crippen LogP contribution in [0.1, 0.15) is 6.42 Å². The first kappa shape index (κ1) is 15.3. The Kier molecular flexibility index (Phi) is 4.77. The van der Waals surface area contributed by atoms with Crippen LogP contribution in [0.2, 0.25) is 5.02 Å². The van der Waals surface area contributed by atoms with E-state index in [9.17, 15) is 22.8 Å². The van der Waals surface area contributed by atoms with E-state index in [0.29, 0.717) is 9.92 Å². The molecular formula is C11H9ClF3NO3. The molecule has 0 unspecified atom stereocenters. The van der Waals surface area contributed by atoms with Crippen molar-refractivity contribution < 1.29 is 27.9 Å². The summed E-state index contributed by atoms with van der Waals surface area (Å²) in [5.41, 5.74) is 0.0426. The molecule has 0 saturated heterocycles. The second-order valence-electron chi connectivity index (χ2n) is 3.64. The quantitative estimate of drug-likeness (QED) is 0.929. The molecule has 1 aromatic carbocycles. The van der Waals surface area contributed by atoms with Gasteiger partial charge in [-0.2, -0.15) is 13.2 Å². The lowest BCUT2D eigenvalue weighted by molar-refractivity contribution is -0.153. The zero-order chi connectivity index (χ0) is 14.6. The molecule has 0 bridgehead atoms. The van der Waals surface area contributed by atoms with E-state index >= 15 is 0 Å². The molecule has 0 radical (unpaired) electrons. The van der Waals surface area contributed by atoms with Crippen LogP contribution in [0.4, 0.5) is 18.9 Å². The topological polar surface area (TPSA) is 57.6 Å². The van der Waals surface area contributed by atoms with E-state index in [1.165, 1.54) is 24.3 Å². The molecule has 0 aromatic heterocycles. The molecular weight excluding hydrogens is 287 g/mol. The maximum absolute atomic E-state index is 12.2. The number of carbonyl (C=O) groups is 2. The average Bonchev–Trinajstić information content (AvgIpc) is 2.24. The number of benzene rings is 1. The van der Waals surface area contributed by atoms with E-state index in [4.69, 9.17) is 16.7 Å². The summed E-state index contributed by atoms with van der Waals surface area (Å²) in [7, 11) is 0. The maximum Gasteiger partial charge on any atom is 0.397 e. The number of amides is 1. The van der Waals surface area contributed by atoms with Crippen molar-refractivity contribution in [3.05, 3.63) is 29.3 Å². The number of alkyl halides is 3. The zero-order valence-corrected chi connectivity index (χ0v) is 10.2. The third kappa shape index (κ3) is 5.17. The second-order valence-corrected chi connectivity index (χ2v) is 4.08. The van der Waals surface area contributed by atoms with Crippen LogP contribution in [0.5, 0.6) is 0 Å². The highest BCUT2D eigenvalue weighted by Gasteiger charge is 2.34. The predicted molar refractivity (Wildman–Crippen MR) is 62.1 cm³/mol. The first-order valence-corrected chi connectivity index (χ1v) is 5.41. The highest BCUT2D eigenvalue weighted by molar-refractivity contribution is 6.30. The molecule has 1 N–H and O–H groups in total. The summed E-state index contributed by atoms with van der Waals surface area (Å²) in [4.78, 5) is 22.7. The minimum absolute atomic E-state index is 0.0426. The predicted octanol–water partition coefficient (Wildman–Crippen LogP) is 2.71. The van der Waals surface area contributed by atoms with E-state index in [2.05, 4.69) is 0 Å². The minimum atomic E-state index is -4.69. The van der Waals surface area contributed by atoms with Gasteiger partial charge < -0.3 is 10.0 Å². The van der Waals surface area contributed by atoms with Gasteiger partial charge in [0.15, 0.2) is 0 Å². The summed E-state index contributed by atoms with van der Waals surface area (Å²) < 4.78 is 36.5. The summed E-state index contributed by atoms with van der Waals surface area (Å²) in [5.74, 6) is -2.75. The third-order valence-corrected chi connectivity index (χ3v) is 2.34. The fraction of sp³-hybridized carbons (Fsp3) is 0.273. The van der Waals surface area contributed by atoms with E-state index in [0.717, 1.165) is 0 Å². The van der Waals surface area contributed by atoms with Crippen LogP contribution in [0, 0.1) is 0 Å². The lowest BCUT2D eigenvalue weighted by Crippen LogP contribution is -2.38. The van der Waals surface area contributed by atoms with Gasteiger partial charge in [0.1, 0.15) is 13.0 Å². The van der Waals surface area contributed by atoms with Crippen LogP contribution in [0.25, 0.3) is 0 Å². The number of halogens is 4. The van der Waals surface area contributed by atoms with Crippen molar-refractivity contribution in [2.24, 2.45) is 0 Å². The second kappa shape index (κ2) is 5.92. The molecule has 1 rings (SSSR count). The standard InChI is InChI=1S/C11H9ClF3NO3/c12-7-1-3-8(4-2-7)16(6-10(18)19)9(17)5-11(13,14)15/h1-4H,5-6H2,(H,18,19). The fourth-order valence-corrected chi connectivity index (χ4v) is 1.47. The third-order valence-electron chi connectivity index (χ3n) is 2.08. The molecule has 0 fully saturated rings. The monoisotopic (exact) mass is 295 g/mol. The normalized spacial score (nSPS) is 11.2. The van der Waals surface area contributed by atoms with Crippen molar-refractivity contribution in [1.29, 1.82) is 0 Å². The van der Waals surface area contributed by atoms with Gasteiger partial charge in [-0.1, -0.05) is 11.6 Å². The molecule has 104 valence electrons. The summed E-state index contributed by atoms with van der Waals surface area (Å²) in [5, 5.41) is 8.97. The first-order chi connectivity index (χ1) is 8.69. The molecule has 0 atom stereocenters. The molecule has 1 aromatic rings.